The lowest BCUT2D eigenvalue weighted by Crippen LogP contribution is -2.14. The molecule has 0 unspecified atom stereocenters. The second kappa shape index (κ2) is 16.9. The first-order valence-corrected chi connectivity index (χ1v) is 26.7. The highest BCUT2D eigenvalue weighted by Crippen LogP contribution is 2.51. The number of hydrogen-bond acceptors (Lipinski definition) is 4. The third kappa shape index (κ3) is 6.73. The highest BCUT2D eigenvalue weighted by atomic mass is 16.3. The Hall–Kier alpha value is -10.2. The summed E-state index contributed by atoms with van der Waals surface area (Å²) in [6, 6.07) is 89.2. The predicted molar refractivity (Wildman–Crippen MR) is 321 cm³/mol. The summed E-state index contributed by atoms with van der Waals surface area (Å²) in [4.78, 5) is 15.2. The van der Waals surface area contributed by atoms with Crippen LogP contribution in [-0.4, -0.2) is 24.1 Å². The van der Waals surface area contributed by atoms with E-state index in [9.17, 15) is 0 Å². The standard InChI is InChI=1S/C72H47N5O/c1-72(2)60-28-16-15-26-52(60)54-42-58-57-40-47(32-36-64(57)77(65(58)43-61(54)72)51-24-13-6-14-25-51)46-30-34-62-55(38-46)56-39-48(31-35-63(56)76(62)50-22-11-5-12-23-50)49-33-37-66-59(41-49)68-53(27-17-29-67(68)78-66)71-74-69(44-18-7-3-8-19-44)73-70(75-71)45-20-9-4-10-21-45/h3-43H,1-2H3. The molecule has 0 saturated heterocycles. The van der Waals surface area contributed by atoms with Crippen molar-refractivity contribution in [1.29, 1.82) is 0 Å². The molecule has 15 aromatic rings. The zero-order chi connectivity index (χ0) is 51.6. The smallest absolute Gasteiger partial charge is 0.164 e. The molecule has 0 spiro atoms. The van der Waals surface area contributed by atoms with Gasteiger partial charge < -0.3 is 13.6 Å². The van der Waals surface area contributed by atoms with Crippen LogP contribution in [0.15, 0.2) is 253 Å². The maximum absolute atomic E-state index is 6.61. The fourth-order valence-electron chi connectivity index (χ4n) is 12.6. The van der Waals surface area contributed by atoms with Crippen LogP contribution in [0.4, 0.5) is 0 Å². The summed E-state index contributed by atoms with van der Waals surface area (Å²) in [5.74, 6) is 1.82. The summed E-state index contributed by atoms with van der Waals surface area (Å²) in [7, 11) is 0. The van der Waals surface area contributed by atoms with Gasteiger partial charge in [0.25, 0.3) is 0 Å². The van der Waals surface area contributed by atoms with Crippen LogP contribution in [0.5, 0.6) is 0 Å². The predicted octanol–water partition coefficient (Wildman–Crippen LogP) is 18.6. The summed E-state index contributed by atoms with van der Waals surface area (Å²) >= 11 is 0. The molecule has 16 rings (SSSR count). The molecule has 366 valence electrons. The van der Waals surface area contributed by atoms with Crippen molar-refractivity contribution in [3.8, 4) is 78.9 Å². The number of furan rings is 1. The van der Waals surface area contributed by atoms with Gasteiger partial charge in [0.15, 0.2) is 17.5 Å². The first-order valence-electron chi connectivity index (χ1n) is 26.7. The van der Waals surface area contributed by atoms with Crippen LogP contribution in [-0.2, 0) is 5.41 Å². The van der Waals surface area contributed by atoms with Crippen molar-refractivity contribution in [1.82, 2.24) is 24.1 Å². The van der Waals surface area contributed by atoms with Crippen molar-refractivity contribution in [2.24, 2.45) is 0 Å². The number of nitrogens with zero attached hydrogens (tertiary/aromatic N) is 5. The lowest BCUT2D eigenvalue weighted by atomic mass is 9.82. The highest BCUT2D eigenvalue weighted by molar-refractivity contribution is 6.16. The van der Waals surface area contributed by atoms with Crippen LogP contribution in [0.1, 0.15) is 25.0 Å². The number of benzene rings is 11. The summed E-state index contributed by atoms with van der Waals surface area (Å²) in [6.07, 6.45) is 0. The van der Waals surface area contributed by atoms with Gasteiger partial charge in [-0.2, -0.15) is 0 Å². The zero-order valence-corrected chi connectivity index (χ0v) is 42.8. The molecule has 0 bridgehead atoms. The molecule has 0 radical (unpaired) electrons. The molecular weight excluding hydrogens is 951 g/mol. The maximum atomic E-state index is 6.61. The summed E-state index contributed by atoms with van der Waals surface area (Å²) in [5.41, 5.74) is 21.1. The monoisotopic (exact) mass is 997 g/mol. The van der Waals surface area contributed by atoms with Gasteiger partial charge in [-0.1, -0.05) is 172 Å². The average Bonchev–Trinajstić information content (AvgIpc) is 4.42. The molecule has 11 aromatic carbocycles. The third-order valence-corrected chi connectivity index (χ3v) is 16.4. The second-order valence-electron chi connectivity index (χ2n) is 21.2. The lowest BCUT2D eigenvalue weighted by molar-refractivity contribution is 0.661. The molecule has 1 aliphatic carbocycles. The highest BCUT2D eigenvalue weighted by Gasteiger charge is 2.36. The molecule has 0 saturated carbocycles. The Morgan fingerprint density at radius 2 is 0.756 bits per heavy atom. The van der Waals surface area contributed by atoms with Crippen LogP contribution in [0.3, 0.4) is 0 Å². The quantitative estimate of drug-likeness (QED) is 0.160. The lowest BCUT2D eigenvalue weighted by Gasteiger charge is -2.21. The van der Waals surface area contributed by atoms with Gasteiger partial charge in [-0.15, -0.1) is 0 Å². The maximum Gasteiger partial charge on any atom is 0.164 e. The number of rotatable bonds is 7. The molecule has 0 aliphatic heterocycles. The van der Waals surface area contributed by atoms with Gasteiger partial charge in [-0.25, -0.2) is 15.0 Å². The average molecular weight is 998 g/mol. The summed E-state index contributed by atoms with van der Waals surface area (Å²) in [6.45, 7) is 4.73. The largest absolute Gasteiger partial charge is 0.456 e. The molecule has 0 atom stereocenters. The fourth-order valence-corrected chi connectivity index (χ4v) is 12.6. The van der Waals surface area contributed by atoms with E-state index in [0.717, 1.165) is 77.7 Å². The van der Waals surface area contributed by atoms with E-state index in [1.54, 1.807) is 0 Å². The number of aromatic nitrogens is 5. The van der Waals surface area contributed by atoms with Crippen molar-refractivity contribution >= 4 is 65.6 Å². The number of fused-ring (bicyclic) bond motifs is 12. The van der Waals surface area contributed by atoms with Gasteiger partial charge in [0.1, 0.15) is 11.2 Å². The van der Waals surface area contributed by atoms with Gasteiger partial charge in [-0.3, -0.25) is 0 Å². The van der Waals surface area contributed by atoms with Crippen LogP contribution in [0.25, 0.3) is 144 Å². The van der Waals surface area contributed by atoms with Gasteiger partial charge >= 0.3 is 0 Å². The molecule has 4 aromatic heterocycles. The Labute approximate surface area is 449 Å². The van der Waals surface area contributed by atoms with Crippen LogP contribution < -0.4 is 0 Å². The molecule has 0 amide bonds. The molecule has 0 N–H and O–H groups in total. The molecule has 6 nitrogen and oxygen atoms in total. The van der Waals surface area contributed by atoms with Crippen molar-refractivity contribution in [3.63, 3.8) is 0 Å². The van der Waals surface area contributed by atoms with Crippen molar-refractivity contribution in [2.45, 2.75) is 19.3 Å². The van der Waals surface area contributed by atoms with E-state index < -0.39 is 0 Å². The van der Waals surface area contributed by atoms with E-state index in [4.69, 9.17) is 19.4 Å². The Balaban J connectivity index is 0.863. The minimum Gasteiger partial charge on any atom is -0.456 e. The molecule has 1 aliphatic rings. The Bertz CT molecular complexity index is 4860. The van der Waals surface area contributed by atoms with Crippen molar-refractivity contribution in [2.75, 3.05) is 0 Å². The number of hydrogen-bond donors (Lipinski definition) is 0. The normalized spacial score (nSPS) is 12.8. The minimum atomic E-state index is -0.112. The topological polar surface area (TPSA) is 61.7 Å². The van der Waals surface area contributed by atoms with Gasteiger partial charge in [0.05, 0.1) is 22.1 Å². The van der Waals surface area contributed by atoms with Crippen LogP contribution in [0.2, 0.25) is 0 Å². The van der Waals surface area contributed by atoms with Crippen LogP contribution >= 0.6 is 0 Å². The van der Waals surface area contributed by atoms with Gasteiger partial charge in [-0.05, 0) is 136 Å². The van der Waals surface area contributed by atoms with Gasteiger partial charge in [0, 0.05) is 65.8 Å². The van der Waals surface area contributed by atoms with E-state index in [1.807, 2.05) is 72.8 Å². The Morgan fingerprint density at radius 3 is 1.32 bits per heavy atom. The van der Waals surface area contributed by atoms with E-state index in [0.29, 0.717) is 17.5 Å². The van der Waals surface area contributed by atoms with Crippen LogP contribution in [0, 0.1) is 0 Å². The van der Waals surface area contributed by atoms with E-state index in [1.165, 1.54) is 60.4 Å². The zero-order valence-electron chi connectivity index (χ0n) is 42.8. The molecular formula is C72H47N5O. The Kier molecular flexibility index (Phi) is 9.58. The fraction of sp³-hybridized carbons (Fsp3) is 0.0417. The minimum absolute atomic E-state index is 0.112. The number of para-hydroxylation sites is 2. The molecule has 6 heteroatoms. The van der Waals surface area contributed by atoms with Crippen molar-refractivity contribution < 1.29 is 4.42 Å². The first-order chi connectivity index (χ1) is 38.4. The SMILES string of the molecule is CC1(C)c2ccccc2-c2cc3c4cc(-c5ccc6c(c5)c5cc(-c7ccc8oc9cccc(-c%10nc(-c%11ccccc%11)nc(-c%11ccccc%11)n%10)c9c8c7)ccc5n6-c5ccccc5)ccc4n(-c4ccccc4)c3cc21. The Morgan fingerprint density at radius 1 is 0.308 bits per heavy atom. The molecule has 78 heavy (non-hydrogen) atoms. The molecule has 4 heterocycles. The van der Waals surface area contributed by atoms with Crippen molar-refractivity contribution in [3.05, 3.63) is 260 Å². The van der Waals surface area contributed by atoms with E-state index in [2.05, 4.69) is 199 Å². The van der Waals surface area contributed by atoms with E-state index in [-0.39, 0.29) is 5.41 Å². The van der Waals surface area contributed by atoms with E-state index >= 15 is 0 Å². The molecule has 0 fully saturated rings. The first kappa shape index (κ1) is 44.2. The summed E-state index contributed by atoms with van der Waals surface area (Å²) < 4.78 is 11.5. The third-order valence-electron chi connectivity index (χ3n) is 16.4. The van der Waals surface area contributed by atoms with Gasteiger partial charge in [0.2, 0.25) is 0 Å². The summed E-state index contributed by atoms with van der Waals surface area (Å²) in [5, 5.41) is 6.82. The second-order valence-corrected chi connectivity index (χ2v) is 21.2.